The molecule has 6 nitrogen and oxygen atoms in total. The molecule has 4 rings (SSSR count). The molecule has 1 aromatic carbocycles. The number of aryl methyl sites for hydroxylation is 1. The summed E-state index contributed by atoms with van der Waals surface area (Å²) in [4.78, 5) is 15.4. The number of nitrogens with one attached hydrogen (secondary N) is 1. The fraction of sp³-hybridized carbons (Fsp3) is 0.522. The van der Waals surface area contributed by atoms with Gasteiger partial charge in [0.2, 0.25) is 0 Å². The van der Waals surface area contributed by atoms with Crippen LogP contribution in [0, 0.1) is 13.8 Å². The minimum Gasteiger partial charge on any atom is -0.347 e. The molecule has 162 valence electrons. The molecule has 2 saturated heterocycles. The van der Waals surface area contributed by atoms with Crippen LogP contribution in [0.15, 0.2) is 36.4 Å². The molecular formula is C23H31N3O3S. The number of hydrogen-bond donors (Lipinski definition) is 1. The number of hydrogen-bond acceptors (Lipinski definition) is 4. The van der Waals surface area contributed by atoms with Crippen molar-refractivity contribution in [3.05, 3.63) is 58.9 Å². The molecule has 2 fully saturated rings. The standard InChI is InChI=1S/C23H31N3O3S/c1-17-13-20(18(2)26(17)14-19-9-5-3-6-10-19)23(27)24-21-15-30(28,29)16-22(21)25-11-7-4-8-12-25/h3,5-6,9-10,13,21-22H,4,7-8,11-12,14-16H2,1-2H3,(H,24,27). The van der Waals surface area contributed by atoms with Crippen molar-refractivity contribution in [2.24, 2.45) is 0 Å². The highest BCUT2D eigenvalue weighted by atomic mass is 32.2. The third kappa shape index (κ3) is 4.47. The Hall–Kier alpha value is -2.12. The van der Waals surface area contributed by atoms with E-state index >= 15 is 0 Å². The van der Waals surface area contributed by atoms with Crippen LogP contribution < -0.4 is 5.32 Å². The summed E-state index contributed by atoms with van der Waals surface area (Å²) in [7, 11) is -3.14. The van der Waals surface area contributed by atoms with E-state index in [0.29, 0.717) is 12.1 Å². The zero-order chi connectivity index (χ0) is 21.3. The van der Waals surface area contributed by atoms with Gasteiger partial charge in [-0.05, 0) is 51.4 Å². The van der Waals surface area contributed by atoms with Crippen LogP contribution in [0.4, 0.5) is 0 Å². The molecule has 7 heteroatoms. The van der Waals surface area contributed by atoms with Gasteiger partial charge in [0.1, 0.15) is 0 Å². The van der Waals surface area contributed by atoms with Gasteiger partial charge in [0.05, 0.1) is 23.1 Å². The van der Waals surface area contributed by atoms with E-state index in [1.807, 2.05) is 38.1 Å². The van der Waals surface area contributed by atoms with Gasteiger partial charge in [-0.2, -0.15) is 0 Å². The lowest BCUT2D eigenvalue weighted by atomic mass is 10.0. The number of carbonyl (C=O) groups is 1. The van der Waals surface area contributed by atoms with Gasteiger partial charge in [-0.25, -0.2) is 8.42 Å². The van der Waals surface area contributed by atoms with Gasteiger partial charge in [-0.1, -0.05) is 36.8 Å². The van der Waals surface area contributed by atoms with Crippen molar-refractivity contribution in [1.82, 2.24) is 14.8 Å². The molecule has 2 aliphatic rings. The van der Waals surface area contributed by atoms with Crippen LogP contribution >= 0.6 is 0 Å². The Kier molecular flexibility index (Phi) is 6.02. The van der Waals surface area contributed by atoms with E-state index in [-0.39, 0.29) is 29.5 Å². The molecule has 2 atom stereocenters. The van der Waals surface area contributed by atoms with E-state index < -0.39 is 9.84 Å². The second-order valence-corrected chi connectivity index (χ2v) is 10.8. The van der Waals surface area contributed by atoms with Crippen LogP contribution in [0.25, 0.3) is 0 Å². The normalized spacial score (nSPS) is 24.1. The predicted octanol–water partition coefficient (Wildman–Crippen LogP) is 2.53. The molecule has 1 amide bonds. The Bertz CT molecular complexity index is 1010. The van der Waals surface area contributed by atoms with Crippen LogP contribution in [0.3, 0.4) is 0 Å². The SMILES string of the molecule is Cc1cc(C(=O)NC2CS(=O)(=O)CC2N2CCCCC2)c(C)n1Cc1ccccc1. The number of carbonyl (C=O) groups excluding carboxylic acids is 1. The summed E-state index contributed by atoms with van der Waals surface area (Å²) < 4.78 is 26.9. The number of sulfone groups is 1. The van der Waals surface area contributed by atoms with Crippen molar-refractivity contribution in [2.45, 2.75) is 51.7 Å². The minimum absolute atomic E-state index is 0.0304. The van der Waals surface area contributed by atoms with Crippen molar-refractivity contribution >= 4 is 15.7 Å². The number of likely N-dealkylation sites (tertiary alicyclic amines) is 1. The second kappa shape index (κ2) is 8.55. The molecule has 3 heterocycles. The number of aromatic nitrogens is 1. The van der Waals surface area contributed by atoms with Crippen molar-refractivity contribution in [3.8, 4) is 0 Å². The molecule has 2 unspecified atom stereocenters. The number of nitrogens with zero attached hydrogens (tertiary/aromatic N) is 2. The number of amides is 1. The maximum Gasteiger partial charge on any atom is 0.253 e. The molecule has 2 aromatic rings. The summed E-state index contributed by atoms with van der Waals surface area (Å²) in [5.74, 6) is -0.000275. The topological polar surface area (TPSA) is 71.4 Å². The van der Waals surface area contributed by atoms with Gasteiger partial charge < -0.3 is 9.88 Å². The number of benzene rings is 1. The molecule has 0 spiro atoms. The summed E-state index contributed by atoms with van der Waals surface area (Å²) in [6, 6.07) is 11.6. The minimum atomic E-state index is -3.14. The molecule has 0 radical (unpaired) electrons. The van der Waals surface area contributed by atoms with Crippen molar-refractivity contribution in [1.29, 1.82) is 0 Å². The highest BCUT2D eigenvalue weighted by Crippen LogP contribution is 2.24. The summed E-state index contributed by atoms with van der Waals surface area (Å²) in [5.41, 5.74) is 3.74. The van der Waals surface area contributed by atoms with Crippen LogP contribution in [0.1, 0.15) is 46.6 Å². The lowest BCUT2D eigenvalue weighted by molar-refractivity contribution is 0.0899. The Labute approximate surface area is 179 Å². The molecule has 30 heavy (non-hydrogen) atoms. The maximum absolute atomic E-state index is 13.1. The zero-order valence-corrected chi connectivity index (χ0v) is 18.6. The lowest BCUT2D eigenvalue weighted by Crippen LogP contribution is -2.52. The molecule has 1 N–H and O–H groups in total. The molecule has 0 bridgehead atoms. The first kappa shape index (κ1) is 21.1. The summed E-state index contributed by atoms with van der Waals surface area (Å²) in [5, 5.41) is 3.07. The van der Waals surface area contributed by atoms with E-state index in [1.54, 1.807) is 0 Å². The molecule has 0 aliphatic carbocycles. The third-order valence-corrected chi connectivity index (χ3v) is 8.22. The van der Waals surface area contributed by atoms with E-state index in [9.17, 15) is 13.2 Å². The first-order chi connectivity index (χ1) is 14.3. The average molecular weight is 430 g/mol. The number of piperidine rings is 1. The second-order valence-electron chi connectivity index (χ2n) is 8.68. The fourth-order valence-electron chi connectivity index (χ4n) is 4.86. The fourth-order valence-corrected chi connectivity index (χ4v) is 6.82. The maximum atomic E-state index is 13.1. The summed E-state index contributed by atoms with van der Waals surface area (Å²) in [6.07, 6.45) is 3.39. The van der Waals surface area contributed by atoms with Gasteiger partial charge in [0.25, 0.3) is 5.91 Å². The lowest BCUT2D eigenvalue weighted by Gasteiger charge is -2.35. The Morgan fingerprint density at radius 1 is 1.07 bits per heavy atom. The van der Waals surface area contributed by atoms with Gasteiger partial charge >= 0.3 is 0 Å². The molecular weight excluding hydrogens is 398 g/mol. The first-order valence-corrected chi connectivity index (χ1v) is 12.6. The van der Waals surface area contributed by atoms with E-state index in [0.717, 1.165) is 37.3 Å². The number of rotatable bonds is 5. The summed E-state index contributed by atoms with van der Waals surface area (Å²) in [6.45, 7) is 6.50. The van der Waals surface area contributed by atoms with Crippen LogP contribution in [-0.2, 0) is 16.4 Å². The average Bonchev–Trinajstić information content (AvgIpc) is 3.19. The van der Waals surface area contributed by atoms with Crippen molar-refractivity contribution < 1.29 is 13.2 Å². The van der Waals surface area contributed by atoms with Crippen LogP contribution in [0.5, 0.6) is 0 Å². The van der Waals surface area contributed by atoms with E-state index in [1.165, 1.54) is 12.0 Å². The van der Waals surface area contributed by atoms with Crippen LogP contribution in [-0.4, -0.2) is 60.5 Å². The Balaban J connectivity index is 1.52. The highest BCUT2D eigenvalue weighted by molar-refractivity contribution is 7.91. The smallest absolute Gasteiger partial charge is 0.253 e. The van der Waals surface area contributed by atoms with Gasteiger partial charge in [-0.3, -0.25) is 9.69 Å². The Morgan fingerprint density at radius 2 is 1.77 bits per heavy atom. The summed E-state index contributed by atoms with van der Waals surface area (Å²) >= 11 is 0. The monoisotopic (exact) mass is 429 g/mol. The van der Waals surface area contributed by atoms with Crippen molar-refractivity contribution in [2.75, 3.05) is 24.6 Å². The van der Waals surface area contributed by atoms with E-state index in [2.05, 4.69) is 26.9 Å². The zero-order valence-electron chi connectivity index (χ0n) is 17.8. The predicted molar refractivity (Wildman–Crippen MR) is 119 cm³/mol. The largest absolute Gasteiger partial charge is 0.347 e. The van der Waals surface area contributed by atoms with E-state index in [4.69, 9.17) is 0 Å². The first-order valence-electron chi connectivity index (χ1n) is 10.8. The van der Waals surface area contributed by atoms with Gasteiger partial charge in [-0.15, -0.1) is 0 Å². The van der Waals surface area contributed by atoms with Gasteiger partial charge in [0.15, 0.2) is 9.84 Å². The Morgan fingerprint density at radius 3 is 2.47 bits per heavy atom. The van der Waals surface area contributed by atoms with Crippen molar-refractivity contribution in [3.63, 3.8) is 0 Å². The third-order valence-electron chi connectivity index (χ3n) is 6.50. The molecule has 2 aliphatic heterocycles. The highest BCUT2D eigenvalue weighted by Gasteiger charge is 2.42. The molecule has 0 saturated carbocycles. The quantitative estimate of drug-likeness (QED) is 0.793. The molecule has 1 aromatic heterocycles. The van der Waals surface area contributed by atoms with Crippen LogP contribution in [0.2, 0.25) is 0 Å². The van der Waals surface area contributed by atoms with Gasteiger partial charge in [0, 0.05) is 24.0 Å².